The van der Waals surface area contributed by atoms with Crippen molar-refractivity contribution in [1.29, 1.82) is 5.41 Å². The van der Waals surface area contributed by atoms with E-state index in [1.807, 2.05) is 13.0 Å². The van der Waals surface area contributed by atoms with Crippen LogP contribution in [0.5, 0.6) is 5.75 Å². The van der Waals surface area contributed by atoms with Crippen LogP contribution in [0.1, 0.15) is 90.5 Å². The summed E-state index contributed by atoms with van der Waals surface area (Å²) in [4.78, 5) is 28.8. The zero-order valence-corrected chi connectivity index (χ0v) is 27.4. The highest BCUT2D eigenvalue weighted by atomic mass is 16.5. The molecular weight excluding hydrogens is 554 g/mol. The Morgan fingerprint density at radius 1 is 1.07 bits per heavy atom. The Balaban J connectivity index is 1.34. The number of piperidine rings is 2. The van der Waals surface area contributed by atoms with Crippen LogP contribution in [-0.4, -0.2) is 68.0 Å². The number of aliphatic carboxylic acids is 1. The number of ether oxygens (including phenoxy) is 2. The van der Waals surface area contributed by atoms with Crippen molar-refractivity contribution in [3.05, 3.63) is 47.2 Å². The van der Waals surface area contributed by atoms with Crippen molar-refractivity contribution < 1.29 is 24.2 Å². The van der Waals surface area contributed by atoms with E-state index in [0.717, 1.165) is 81.8 Å². The van der Waals surface area contributed by atoms with E-state index < -0.39 is 5.97 Å². The van der Waals surface area contributed by atoms with Crippen LogP contribution < -0.4 is 9.64 Å². The van der Waals surface area contributed by atoms with Gasteiger partial charge < -0.3 is 29.8 Å². The number of hydrogen-bond acceptors (Lipinski definition) is 6. The predicted octanol–water partition coefficient (Wildman–Crippen LogP) is 7.05. The monoisotopic (exact) mass is 607 g/mol. The molecule has 1 aromatic rings. The largest absolute Gasteiger partial charge is 0.498 e. The maximum absolute atomic E-state index is 12.8. The first kappa shape index (κ1) is 33.6. The first-order valence-electron chi connectivity index (χ1n) is 16.4. The molecule has 1 saturated carbocycles. The quantitative estimate of drug-likeness (QED) is 0.142. The molecule has 2 saturated heterocycles. The first-order chi connectivity index (χ1) is 21.0. The zero-order chi connectivity index (χ0) is 31.9. The van der Waals surface area contributed by atoms with Crippen molar-refractivity contribution in [2.24, 2.45) is 23.2 Å². The molecular formula is C36H53N3O5. The predicted molar refractivity (Wildman–Crippen MR) is 176 cm³/mol. The molecule has 0 bridgehead atoms. The van der Waals surface area contributed by atoms with Crippen LogP contribution in [0.25, 0.3) is 0 Å². The van der Waals surface area contributed by atoms with Crippen molar-refractivity contribution in [2.45, 2.75) is 85.0 Å². The molecule has 0 radical (unpaired) electrons. The first-order valence-corrected chi connectivity index (χ1v) is 16.4. The Hall–Kier alpha value is -3.29. The summed E-state index contributed by atoms with van der Waals surface area (Å²) in [6.07, 6.45) is 11.7. The number of carboxylic acid groups (broad SMARTS) is 1. The number of amides is 1. The van der Waals surface area contributed by atoms with E-state index >= 15 is 0 Å². The van der Waals surface area contributed by atoms with Gasteiger partial charge in [-0.25, -0.2) is 0 Å². The van der Waals surface area contributed by atoms with Crippen LogP contribution in [0, 0.1) is 28.6 Å². The van der Waals surface area contributed by atoms with Gasteiger partial charge in [0.1, 0.15) is 5.75 Å². The summed E-state index contributed by atoms with van der Waals surface area (Å²) in [7, 11) is 1.72. The topological polar surface area (TPSA) is 103 Å². The molecule has 44 heavy (non-hydrogen) atoms. The average Bonchev–Trinajstić information content (AvgIpc) is 3.83. The molecule has 4 rings (SSSR count). The molecule has 1 atom stereocenters. The smallest absolute Gasteiger partial charge is 0.303 e. The van der Waals surface area contributed by atoms with Crippen molar-refractivity contribution >= 4 is 23.8 Å². The van der Waals surface area contributed by atoms with Crippen LogP contribution >= 0.6 is 0 Å². The van der Waals surface area contributed by atoms with Gasteiger partial charge >= 0.3 is 5.97 Å². The molecule has 242 valence electrons. The molecule has 2 aliphatic heterocycles. The number of anilines is 1. The molecule has 8 nitrogen and oxygen atoms in total. The molecule has 3 fully saturated rings. The number of allylic oxidation sites excluding steroid dienone is 4. The lowest BCUT2D eigenvalue weighted by molar-refractivity contribution is -0.138. The molecule has 8 heteroatoms. The number of carbonyl (C=O) groups excluding carboxylic acids is 1. The van der Waals surface area contributed by atoms with Gasteiger partial charge in [0.2, 0.25) is 5.91 Å². The van der Waals surface area contributed by atoms with Crippen molar-refractivity contribution in [3.63, 3.8) is 0 Å². The molecule has 0 spiro atoms. The summed E-state index contributed by atoms with van der Waals surface area (Å²) < 4.78 is 11.8. The second-order valence-electron chi connectivity index (χ2n) is 14.2. The van der Waals surface area contributed by atoms with Gasteiger partial charge in [0, 0.05) is 50.6 Å². The van der Waals surface area contributed by atoms with Crippen molar-refractivity contribution in [2.75, 3.05) is 44.8 Å². The Morgan fingerprint density at radius 2 is 1.75 bits per heavy atom. The second kappa shape index (κ2) is 15.1. The Morgan fingerprint density at radius 3 is 2.32 bits per heavy atom. The third-order valence-electron chi connectivity index (χ3n) is 9.37. The number of rotatable bonds is 13. The van der Waals surface area contributed by atoms with Gasteiger partial charge in [-0.2, -0.15) is 0 Å². The molecule has 1 unspecified atom stereocenters. The lowest BCUT2D eigenvalue weighted by atomic mass is 9.86. The number of hydrogen-bond donors (Lipinski definition) is 2. The second-order valence-corrected chi connectivity index (χ2v) is 14.2. The number of carbonyl (C=O) groups is 2. The molecule has 3 aliphatic rings. The highest BCUT2D eigenvalue weighted by molar-refractivity contribution is 5.77. The van der Waals surface area contributed by atoms with E-state index in [9.17, 15) is 14.7 Å². The third kappa shape index (κ3) is 9.60. The lowest BCUT2D eigenvalue weighted by Crippen LogP contribution is -2.40. The van der Waals surface area contributed by atoms with E-state index in [2.05, 4.69) is 48.8 Å². The average molecular weight is 608 g/mol. The molecule has 1 amide bonds. The van der Waals surface area contributed by atoms with E-state index in [4.69, 9.17) is 14.9 Å². The number of methoxy groups -OCH3 is 1. The number of carboxylic acids is 1. The van der Waals surface area contributed by atoms with E-state index in [-0.39, 0.29) is 23.7 Å². The minimum atomic E-state index is -0.799. The van der Waals surface area contributed by atoms with Crippen LogP contribution in [-0.2, 0) is 14.3 Å². The summed E-state index contributed by atoms with van der Waals surface area (Å²) in [6.45, 7) is 12.4. The van der Waals surface area contributed by atoms with Gasteiger partial charge in [0.05, 0.1) is 25.9 Å². The van der Waals surface area contributed by atoms with Crippen LogP contribution in [0.3, 0.4) is 0 Å². The van der Waals surface area contributed by atoms with Gasteiger partial charge in [-0.3, -0.25) is 9.59 Å². The van der Waals surface area contributed by atoms with Gasteiger partial charge in [0.15, 0.2) is 0 Å². The molecule has 2 heterocycles. The van der Waals surface area contributed by atoms with E-state index in [1.54, 1.807) is 13.2 Å². The van der Waals surface area contributed by atoms with Crippen molar-refractivity contribution in [3.8, 4) is 5.75 Å². The van der Waals surface area contributed by atoms with Gasteiger partial charge in [-0.1, -0.05) is 26.8 Å². The third-order valence-corrected chi connectivity index (χ3v) is 9.37. The summed E-state index contributed by atoms with van der Waals surface area (Å²) >= 11 is 0. The number of likely N-dealkylation sites (tertiary alicyclic amines) is 1. The summed E-state index contributed by atoms with van der Waals surface area (Å²) in [5.41, 5.74) is 3.50. The van der Waals surface area contributed by atoms with Crippen LogP contribution in [0.15, 0.2) is 41.7 Å². The standard InChI is InChI=1S/C36H53N3O5/c1-25(20-29(10-15-37)32(22-35(41)42)27-6-7-27)44-24-26-11-16-38(17-12-26)33-21-30(43-5)8-9-31(33)28-13-18-39(19-14-28)34(40)23-36(2,3)4/h8-10,15,20-21,26-28,32,37H,6-7,11-14,16-19,22-24H2,1-5H3,(H,41,42)/b25-20+,29-10+,37-15?. The Bertz CT molecular complexity index is 1210. The number of benzene rings is 1. The zero-order valence-electron chi connectivity index (χ0n) is 27.4. The van der Waals surface area contributed by atoms with Crippen LogP contribution in [0.4, 0.5) is 5.69 Å². The fraction of sp³-hybridized carbons (Fsp3) is 0.639. The van der Waals surface area contributed by atoms with Gasteiger partial charge in [-0.05, 0) is 104 Å². The minimum absolute atomic E-state index is 0.00517. The maximum Gasteiger partial charge on any atom is 0.303 e. The summed E-state index contributed by atoms with van der Waals surface area (Å²) in [5.74, 6) is 2.30. The van der Waals surface area contributed by atoms with E-state index in [1.165, 1.54) is 17.5 Å². The van der Waals surface area contributed by atoms with E-state index in [0.29, 0.717) is 30.8 Å². The normalized spacial score (nSPS) is 19.9. The number of nitrogens with zero attached hydrogens (tertiary/aromatic N) is 2. The molecule has 0 aromatic heterocycles. The molecule has 1 aromatic carbocycles. The Kier molecular flexibility index (Phi) is 11.6. The van der Waals surface area contributed by atoms with Gasteiger partial charge in [-0.15, -0.1) is 0 Å². The Labute approximate surface area is 264 Å². The van der Waals surface area contributed by atoms with Gasteiger partial charge in [0.25, 0.3) is 0 Å². The SMILES string of the molecule is COc1ccc(C2CCN(C(=O)CC(C)(C)C)CC2)c(N2CCC(CO/C(C)=C/C(=C\C=N)C(CC(=O)O)C3CC3)CC2)c1. The fourth-order valence-electron chi connectivity index (χ4n) is 6.76. The van der Waals surface area contributed by atoms with Crippen LogP contribution in [0.2, 0.25) is 0 Å². The minimum Gasteiger partial charge on any atom is -0.498 e. The highest BCUT2D eigenvalue weighted by Crippen LogP contribution is 2.43. The highest BCUT2D eigenvalue weighted by Gasteiger charge is 2.34. The lowest BCUT2D eigenvalue weighted by Gasteiger charge is -2.38. The maximum atomic E-state index is 12.8. The fourth-order valence-corrected chi connectivity index (χ4v) is 6.76. The van der Waals surface area contributed by atoms with Crippen molar-refractivity contribution in [1.82, 2.24) is 4.90 Å². The number of nitrogens with one attached hydrogen (secondary N) is 1. The summed E-state index contributed by atoms with van der Waals surface area (Å²) in [6, 6.07) is 6.48. The molecule has 2 N–H and O–H groups in total. The molecule has 1 aliphatic carbocycles. The summed E-state index contributed by atoms with van der Waals surface area (Å²) in [5, 5.41) is 17.0.